The van der Waals surface area contributed by atoms with Crippen molar-refractivity contribution in [2.45, 2.75) is 25.6 Å². The van der Waals surface area contributed by atoms with Crippen LogP contribution in [0.3, 0.4) is 0 Å². The number of halogens is 2. The molecule has 2 N–H and O–H groups in total. The minimum atomic E-state index is 0.0441. The first kappa shape index (κ1) is 14.1. The standard InChI is InChI=1S/C13H18Cl2N2O/c1-9(16)12-8-17(5-6-18-12)7-10-3-2-4-11(14)13(10)15/h2-4,9,12H,5-8,16H2,1H3. The number of nitrogens with zero attached hydrogens (tertiary/aromatic N) is 1. The molecule has 1 aliphatic heterocycles. The van der Waals surface area contributed by atoms with Gasteiger partial charge in [-0.15, -0.1) is 0 Å². The molecule has 0 radical (unpaired) electrons. The largest absolute Gasteiger partial charge is 0.374 e. The van der Waals surface area contributed by atoms with Gasteiger partial charge in [-0.1, -0.05) is 35.3 Å². The Hall–Kier alpha value is -0.320. The molecule has 3 nitrogen and oxygen atoms in total. The van der Waals surface area contributed by atoms with E-state index in [1.807, 2.05) is 19.1 Å². The molecule has 0 saturated carbocycles. The van der Waals surface area contributed by atoms with Crippen LogP contribution in [0.1, 0.15) is 12.5 Å². The fourth-order valence-corrected chi connectivity index (χ4v) is 2.48. The lowest BCUT2D eigenvalue weighted by Gasteiger charge is -2.34. The van der Waals surface area contributed by atoms with Crippen molar-refractivity contribution in [2.24, 2.45) is 5.73 Å². The third kappa shape index (κ3) is 3.37. The van der Waals surface area contributed by atoms with E-state index in [1.165, 1.54) is 0 Å². The molecular weight excluding hydrogens is 271 g/mol. The Balaban J connectivity index is 2.03. The van der Waals surface area contributed by atoms with Crippen LogP contribution in [-0.2, 0) is 11.3 Å². The van der Waals surface area contributed by atoms with Crippen molar-refractivity contribution in [1.29, 1.82) is 0 Å². The van der Waals surface area contributed by atoms with Crippen LogP contribution in [0.15, 0.2) is 18.2 Å². The van der Waals surface area contributed by atoms with Crippen molar-refractivity contribution in [3.05, 3.63) is 33.8 Å². The molecule has 5 heteroatoms. The molecule has 2 atom stereocenters. The second kappa shape index (κ2) is 6.22. The number of nitrogens with two attached hydrogens (primary N) is 1. The Morgan fingerprint density at radius 3 is 3.00 bits per heavy atom. The smallest absolute Gasteiger partial charge is 0.0850 e. The highest BCUT2D eigenvalue weighted by Crippen LogP contribution is 2.27. The zero-order valence-electron chi connectivity index (χ0n) is 10.4. The summed E-state index contributed by atoms with van der Waals surface area (Å²) in [4.78, 5) is 2.30. The van der Waals surface area contributed by atoms with Crippen molar-refractivity contribution < 1.29 is 4.74 Å². The first-order valence-electron chi connectivity index (χ1n) is 6.10. The van der Waals surface area contributed by atoms with Crippen molar-refractivity contribution in [3.63, 3.8) is 0 Å². The van der Waals surface area contributed by atoms with Crippen LogP contribution in [0, 0.1) is 0 Å². The minimum absolute atomic E-state index is 0.0441. The van der Waals surface area contributed by atoms with E-state index >= 15 is 0 Å². The van der Waals surface area contributed by atoms with Crippen molar-refractivity contribution in [2.75, 3.05) is 19.7 Å². The molecule has 18 heavy (non-hydrogen) atoms. The summed E-state index contributed by atoms with van der Waals surface area (Å²) in [5.41, 5.74) is 6.93. The van der Waals surface area contributed by atoms with E-state index in [9.17, 15) is 0 Å². The summed E-state index contributed by atoms with van der Waals surface area (Å²) in [6.45, 7) is 5.20. The van der Waals surface area contributed by atoms with Crippen LogP contribution in [0.25, 0.3) is 0 Å². The molecule has 2 unspecified atom stereocenters. The van der Waals surface area contributed by atoms with Crippen molar-refractivity contribution >= 4 is 23.2 Å². The highest BCUT2D eigenvalue weighted by atomic mass is 35.5. The van der Waals surface area contributed by atoms with Gasteiger partial charge >= 0.3 is 0 Å². The second-order valence-corrected chi connectivity index (χ2v) is 5.50. The maximum atomic E-state index is 6.20. The normalized spacial score (nSPS) is 23.0. The molecule has 1 aliphatic rings. The van der Waals surface area contributed by atoms with E-state index in [0.717, 1.165) is 25.2 Å². The fraction of sp³-hybridized carbons (Fsp3) is 0.538. The molecule has 0 aliphatic carbocycles. The Morgan fingerprint density at radius 2 is 2.28 bits per heavy atom. The molecule has 0 bridgehead atoms. The van der Waals surface area contributed by atoms with Gasteiger partial charge in [0, 0.05) is 25.7 Å². The highest BCUT2D eigenvalue weighted by Gasteiger charge is 2.23. The van der Waals surface area contributed by atoms with Gasteiger partial charge in [-0.2, -0.15) is 0 Å². The molecule has 1 aromatic carbocycles. The van der Waals surface area contributed by atoms with Crippen LogP contribution >= 0.6 is 23.2 Å². The Morgan fingerprint density at radius 1 is 1.50 bits per heavy atom. The molecule has 1 fully saturated rings. The van der Waals surface area contributed by atoms with Gasteiger partial charge in [0.1, 0.15) is 0 Å². The summed E-state index contributed by atoms with van der Waals surface area (Å²) in [5, 5.41) is 1.24. The highest BCUT2D eigenvalue weighted by molar-refractivity contribution is 6.42. The lowest BCUT2D eigenvalue weighted by atomic mass is 10.1. The maximum absolute atomic E-state index is 6.20. The number of hydrogen-bond donors (Lipinski definition) is 1. The molecule has 1 heterocycles. The molecule has 1 saturated heterocycles. The van der Waals surface area contributed by atoms with Gasteiger partial charge in [-0.25, -0.2) is 0 Å². The van der Waals surface area contributed by atoms with Gasteiger partial charge in [0.25, 0.3) is 0 Å². The van der Waals surface area contributed by atoms with E-state index < -0.39 is 0 Å². The summed E-state index contributed by atoms with van der Waals surface area (Å²) >= 11 is 12.2. The van der Waals surface area contributed by atoms with Gasteiger partial charge in [-0.3, -0.25) is 4.90 Å². The average molecular weight is 289 g/mol. The second-order valence-electron chi connectivity index (χ2n) is 4.72. The van der Waals surface area contributed by atoms with E-state index in [2.05, 4.69) is 4.90 Å². The SMILES string of the molecule is CC(N)C1CN(Cc2cccc(Cl)c2Cl)CCO1. The van der Waals surface area contributed by atoms with Crippen molar-refractivity contribution in [1.82, 2.24) is 4.90 Å². The topological polar surface area (TPSA) is 38.5 Å². The summed E-state index contributed by atoms with van der Waals surface area (Å²) in [7, 11) is 0. The lowest BCUT2D eigenvalue weighted by Crippen LogP contribution is -2.49. The van der Waals surface area contributed by atoms with E-state index in [-0.39, 0.29) is 12.1 Å². The molecule has 100 valence electrons. The quantitative estimate of drug-likeness (QED) is 0.929. The van der Waals surface area contributed by atoms with Crippen LogP contribution in [-0.4, -0.2) is 36.7 Å². The van der Waals surface area contributed by atoms with E-state index in [1.54, 1.807) is 6.07 Å². The predicted octanol–water partition coefficient (Wildman–Crippen LogP) is 2.54. The van der Waals surface area contributed by atoms with E-state index in [0.29, 0.717) is 16.7 Å². The van der Waals surface area contributed by atoms with Crippen LogP contribution in [0.5, 0.6) is 0 Å². The third-order valence-electron chi connectivity index (χ3n) is 3.19. The molecule has 0 aromatic heterocycles. The molecule has 1 aromatic rings. The Kier molecular flexibility index (Phi) is 4.87. The molecular formula is C13H18Cl2N2O. The zero-order valence-corrected chi connectivity index (χ0v) is 11.9. The monoisotopic (exact) mass is 288 g/mol. The first-order chi connectivity index (χ1) is 8.58. The summed E-state index contributed by atoms with van der Waals surface area (Å²) < 4.78 is 5.64. The molecule has 2 rings (SSSR count). The van der Waals surface area contributed by atoms with Crippen LogP contribution in [0.2, 0.25) is 10.0 Å². The Labute approximate surface area is 118 Å². The van der Waals surface area contributed by atoms with Gasteiger partial charge in [0.2, 0.25) is 0 Å². The minimum Gasteiger partial charge on any atom is -0.374 e. The average Bonchev–Trinajstić information content (AvgIpc) is 2.35. The summed E-state index contributed by atoms with van der Waals surface area (Å²) in [5.74, 6) is 0. The van der Waals surface area contributed by atoms with Gasteiger partial charge < -0.3 is 10.5 Å². The van der Waals surface area contributed by atoms with Crippen LogP contribution in [0.4, 0.5) is 0 Å². The number of ether oxygens (including phenoxy) is 1. The fourth-order valence-electron chi connectivity index (χ4n) is 2.10. The summed E-state index contributed by atoms with van der Waals surface area (Å²) in [6, 6.07) is 5.78. The van der Waals surface area contributed by atoms with Crippen LogP contribution < -0.4 is 5.73 Å². The maximum Gasteiger partial charge on any atom is 0.0850 e. The third-order valence-corrected chi connectivity index (χ3v) is 4.05. The van der Waals surface area contributed by atoms with E-state index in [4.69, 9.17) is 33.7 Å². The number of hydrogen-bond acceptors (Lipinski definition) is 3. The lowest BCUT2D eigenvalue weighted by molar-refractivity contribution is -0.0403. The number of benzene rings is 1. The Bertz CT molecular complexity index is 412. The number of rotatable bonds is 3. The molecule has 0 spiro atoms. The molecule has 0 amide bonds. The predicted molar refractivity (Wildman–Crippen MR) is 75.1 cm³/mol. The summed E-state index contributed by atoms with van der Waals surface area (Å²) in [6.07, 6.45) is 0.0942. The van der Waals surface area contributed by atoms with Crippen molar-refractivity contribution in [3.8, 4) is 0 Å². The van der Waals surface area contributed by atoms with Gasteiger partial charge in [0.15, 0.2) is 0 Å². The van der Waals surface area contributed by atoms with Gasteiger partial charge in [-0.05, 0) is 18.6 Å². The first-order valence-corrected chi connectivity index (χ1v) is 6.86. The van der Waals surface area contributed by atoms with Gasteiger partial charge in [0.05, 0.1) is 22.8 Å². The number of morpholine rings is 1. The zero-order chi connectivity index (χ0) is 13.1.